The summed E-state index contributed by atoms with van der Waals surface area (Å²) in [5.41, 5.74) is 4.11. The standard InChI is InChI=1S/C32H39FN2O2/c1-5-24(4)34-32(37)30(21-26-9-7-6-8-10-26)35(22-27-13-18-29(33)19-14-27)31(36)20-15-25-11-16-28(17-12-25)23(2)3/h6-14,16-19,23-24,30H,5,15,20-22H2,1-4H3,(H,34,37)/t24-,30+/m0/s1. The van der Waals surface area contributed by atoms with E-state index in [4.69, 9.17) is 0 Å². The average molecular weight is 503 g/mol. The molecule has 2 atom stereocenters. The van der Waals surface area contributed by atoms with Crippen LogP contribution in [0.3, 0.4) is 0 Å². The average Bonchev–Trinajstić information content (AvgIpc) is 2.91. The minimum atomic E-state index is -0.683. The lowest BCUT2D eigenvalue weighted by atomic mass is 9.99. The molecule has 0 aliphatic heterocycles. The summed E-state index contributed by atoms with van der Waals surface area (Å²) in [5.74, 6) is -0.154. The number of benzene rings is 3. The molecule has 37 heavy (non-hydrogen) atoms. The fourth-order valence-electron chi connectivity index (χ4n) is 4.25. The highest BCUT2D eigenvalue weighted by Gasteiger charge is 2.30. The molecule has 0 unspecified atom stereocenters. The number of carbonyl (C=O) groups is 2. The van der Waals surface area contributed by atoms with Gasteiger partial charge in [0.05, 0.1) is 0 Å². The molecule has 0 saturated heterocycles. The van der Waals surface area contributed by atoms with E-state index in [1.54, 1.807) is 17.0 Å². The van der Waals surface area contributed by atoms with Crippen molar-refractivity contribution in [3.8, 4) is 0 Å². The Morgan fingerprint density at radius 3 is 2.05 bits per heavy atom. The number of nitrogens with one attached hydrogen (secondary N) is 1. The molecule has 0 fully saturated rings. The molecule has 196 valence electrons. The molecule has 0 bridgehead atoms. The van der Waals surface area contributed by atoms with Crippen LogP contribution >= 0.6 is 0 Å². The third-order valence-electron chi connectivity index (χ3n) is 6.81. The van der Waals surface area contributed by atoms with E-state index in [9.17, 15) is 14.0 Å². The van der Waals surface area contributed by atoms with Crippen LogP contribution in [-0.4, -0.2) is 28.8 Å². The fourth-order valence-corrected chi connectivity index (χ4v) is 4.25. The second-order valence-electron chi connectivity index (χ2n) is 10.1. The lowest BCUT2D eigenvalue weighted by Gasteiger charge is -2.32. The van der Waals surface area contributed by atoms with Gasteiger partial charge in [-0.25, -0.2) is 4.39 Å². The molecule has 0 heterocycles. The third kappa shape index (κ3) is 8.56. The minimum Gasteiger partial charge on any atom is -0.352 e. The van der Waals surface area contributed by atoms with Crippen molar-refractivity contribution in [3.63, 3.8) is 0 Å². The number of hydrogen-bond acceptors (Lipinski definition) is 2. The maximum atomic E-state index is 13.7. The molecule has 3 aromatic rings. The van der Waals surface area contributed by atoms with Crippen LogP contribution in [0.15, 0.2) is 78.9 Å². The van der Waals surface area contributed by atoms with Crippen molar-refractivity contribution >= 4 is 11.8 Å². The molecule has 0 aliphatic carbocycles. The third-order valence-corrected chi connectivity index (χ3v) is 6.81. The SMILES string of the molecule is CC[C@H](C)NC(=O)[C@@H](Cc1ccccc1)N(Cc1ccc(F)cc1)C(=O)CCc1ccc(C(C)C)cc1. The van der Waals surface area contributed by atoms with Crippen LogP contribution < -0.4 is 5.32 Å². The van der Waals surface area contributed by atoms with Crippen LogP contribution in [0.2, 0.25) is 0 Å². The quantitative estimate of drug-likeness (QED) is 0.310. The monoisotopic (exact) mass is 502 g/mol. The van der Waals surface area contributed by atoms with Gasteiger partial charge in [-0.15, -0.1) is 0 Å². The molecule has 2 amide bonds. The van der Waals surface area contributed by atoms with E-state index in [0.717, 1.165) is 23.1 Å². The Balaban J connectivity index is 1.88. The number of aryl methyl sites for hydroxylation is 1. The van der Waals surface area contributed by atoms with Crippen molar-refractivity contribution in [3.05, 3.63) is 107 Å². The molecule has 3 aromatic carbocycles. The van der Waals surface area contributed by atoms with Crippen LogP contribution in [0.25, 0.3) is 0 Å². The molecule has 5 heteroatoms. The predicted octanol–water partition coefficient (Wildman–Crippen LogP) is 6.44. The van der Waals surface area contributed by atoms with Gasteiger partial charge in [0.1, 0.15) is 11.9 Å². The van der Waals surface area contributed by atoms with E-state index in [0.29, 0.717) is 18.8 Å². The maximum absolute atomic E-state index is 13.7. The first-order valence-electron chi connectivity index (χ1n) is 13.2. The van der Waals surface area contributed by atoms with Gasteiger partial charge < -0.3 is 10.2 Å². The number of nitrogens with zero attached hydrogens (tertiary/aromatic N) is 1. The van der Waals surface area contributed by atoms with Crippen LogP contribution in [0.4, 0.5) is 4.39 Å². The Hall–Kier alpha value is -3.47. The van der Waals surface area contributed by atoms with E-state index >= 15 is 0 Å². The smallest absolute Gasteiger partial charge is 0.243 e. The number of carbonyl (C=O) groups excluding carboxylic acids is 2. The van der Waals surface area contributed by atoms with Crippen molar-refractivity contribution in [2.45, 2.75) is 77.9 Å². The van der Waals surface area contributed by atoms with Gasteiger partial charge in [0.2, 0.25) is 11.8 Å². The minimum absolute atomic E-state index is 0.00646. The number of rotatable bonds is 12. The summed E-state index contributed by atoms with van der Waals surface area (Å²) >= 11 is 0. The van der Waals surface area contributed by atoms with Crippen LogP contribution in [0, 0.1) is 5.82 Å². The zero-order valence-corrected chi connectivity index (χ0v) is 22.4. The molecular formula is C32H39FN2O2. The second-order valence-corrected chi connectivity index (χ2v) is 10.1. The molecule has 0 radical (unpaired) electrons. The molecule has 0 aromatic heterocycles. The molecule has 0 saturated carbocycles. The number of halogens is 1. The Morgan fingerprint density at radius 2 is 1.46 bits per heavy atom. The summed E-state index contributed by atoms with van der Waals surface area (Å²) in [6, 6.07) is 23.6. The summed E-state index contributed by atoms with van der Waals surface area (Å²) in [7, 11) is 0. The molecule has 4 nitrogen and oxygen atoms in total. The lowest BCUT2D eigenvalue weighted by molar-refractivity contribution is -0.141. The molecule has 0 aliphatic rings. The van der Waals surface area contributed by atoms with Crippen molar-refractivity contribution in [2.24, 2.45) is 0 Å². The van der Waals surface area contributed by atoms with Crippen LogP contribution in [-0.2, 0) is 29.0 Å². The van der Waals surface area contributed by atoms with Crippen molar-refractivity contribution in [1.29, 1.82) is 0 Å². The van der Waals surface area contributed by atoms with Gasteiger partial charge in [0.15, 0.2) is 0 Å². The molecule has 3 rings (SSSR count). The van der Waals surface area contributed by atoms with Crippen molar-refractivity contribution < 1.29 is 14.0 Å². The summed E-state index contributed by atoms with van der Waals surface area (Å²) < 4.78 is 13.6. The predicted molar refractivity (Wildman–Crippen MR) is 148 cm³/mol. The zero-order valence-electron chi connectivity index (χ0n) is 22.4. The maximum Gasteiger partial charge on any atom is 0.243 e. The van der Waals surface area contributed by atoms with Gasteiger partial charge in [-0.2, -0.15) is 0 Å². The Bertz CT molecular complexity index is 1130. The fraction of sp³-hybridized carbons (Fsp3) is 0.375. The van der Waals surface area contributed by atoms with Gasteiger partial charge in [-0.05, 0) is 60.1 Å². The van der Waals surface area contributed by atoms with Crippen molar-refractivity contribution in [1.82, 2.24) is 10.2 Å². The van der Waals surface area contributed by atoms with E-state index in [1.165, 1.54) is 17.7 Å². The van der Waals surface area contributed by atoms with Gasteiger partial charge in [-0.3, -0.25) is 9.59 Å². The normalized spacial score (nSPS) is 12.7. The molecule has 1 N–H and O–H groups in total. The van der Waals surface area contributed by atoms with Gasteiger partial charge in [0, 0.05) is 25.4 Å². The summed E-state index contributed by atoms with van der Waals surface area (Å²) in [6.45, 7) is 8.52. The Kier molecular flexibility index (Phi) is 10.4. The molecule has 0 spiro atoms. The highest BCUT2D eigenvalue weighted by Crippen LogP contribution is 2.19. The first-order valence-corrected chi connectivity index (χ1v) is 13.2. The first-order chi connectivity index (χ1) is 17.8. The Labute approximate surface area is 220 Å². The van der Waals surface area contributed by atoms with Gasteiger partial charge >= 0.3 is 0 Å². The summed E-state index contributed by atoms with van der Waals surface area (Å²) in [4.78, 5) is 28.9. The van der Waals surface area contributed by atoms with Crippen LogP contribution in [0.5, 0.6) is 0 Å². The second kappa shape index (κ2) is 13.7. The van der Waals surface area contributed by atoms with Gasteiger partial charge in [-0.1, -0.05) is 87.5 Å². The molecular weight excluding hydrogens is 463 g/mol. The topological polar surface area (TPSA) is 49.4 Å². The van der Waals surface area contributed by atoms with Gasteiger partial charge in [0.25, 0.3) is 0 Å². The lowest BCUT2D eigenvalue weighted by Crippen LogP contribution is -2.52. The number of hydrogen-bond donors (Lipinski definition) is 1. The first kappa shape index (κ1) is 28.1. The summed E-state index contributed by atoms with van der Waals surface area (Å²) in [5, 5.41) is 3.08. The van der Waals surface area contributed by atoms with E-state index in [-0.39, 0.29) is 36.6 Å². The Morgan fingerprint density at radius 1 is 0.838 bits per heavy atom. The number of amides is 2. The zero-order chi connectivity index (χ0) is 26.8. The van der Waals surface area contributed by atoms with Crippen LogP contribution in [0.1, 0.15) is 68.7 Å². The highest BCUT2D eigenvalue weighted by molar-refractivity contribution is 5.88. The summed E-state index contributed by atoms with van der Waals surface area (Å²) in [6.07, 6.45) is 2.06. The van der Waals surface area contributed by atoms with Crippen molar-refractivity contribution in [2.75, 3.05) is 0 Å². The largest absolute Gasteiger partial charge is 0.352 e. The highest BCUT2D eigenvalue weighted by atomic mass is 19.1. The van der Waals surface area contributed by atoms with E-state index in [2.05, 4.69) is 43.4 Å². The van der Waals surface area contributed by atoms with E-state index < -0.39 is 6.04 Å². The van der Waals surface area contributed by atoms with E-state index in [1.807, 2.05) is 44.2 Å².